The number of carbonyl (C=O) groups is 2. The van der Waals surface area contributed by atoms with Crippen LogP contribution in [-0.4, -0.2) is 41.7 Å². The lowest BCUT2D eigenvalue weighted by Gasteiger charge is -2.31. The molecule has 1 aliphatic carbocycles. The highest BCUT2D eigenvalue weighted by Crippen LogP contribution is 2.27. The van der Waals surface area contributed by atoms with Crippen LogP contribution in [0, 0.1) is 5.92 Å². The van der Waals surface area contributed by atoms with Crippen LogP contribution in [0.3, 0.4) is 0 Å². The smallest absolute Gasteiger partial charge is 0.333 e. The van der Waals surface area contributed by atoms with E-state index in [1.54, 1.807) is 12.2 Å². The van der Waals surface area contributed by atoms with E-state index in [9.17, 15) is 14.7 Å². The first-order valence-electron chi connectivity index (χ1n) is 7.29. The maximum absolute atomic E-state index is 11.6. The van der Waals surface area contributed by atoms with Gasteiger partial charge in [-0.25, -0.2) is 9.59 Å². The zero-order valence-corrected chi connectivity index (χ0v) is 12.5. The molecular formula is C15H20N4O4. The summed E-state index contributed by atoms with van der Waals surface area (Å²) >= 11 is 0. The van der Waals surface area contributed by atoms with Crippen LogP contribution in [0.15, 0.2) is 41.1 Å². The topological polar surface area (TPSA) is 140 Å². The van der Waals surface area contributed by atoms with Gasteiger partial charge in [-0.05, 0) is 18.9 Å². The number of allylic oxidation sites excluding steroid dienone is 2. The van der Waals surface area contributed by atoms with Gasteiger partial charge < -0.3 is 26.6 Å². The fourth-order valence-electron chi connectivity index (χ4n) is 2.47. The number of nitrogens with one attached hydrogen (secondary N) is 1. The van der Waals surface area contributed by atoms with Crippen molar-refractivity contribution in [1.29, 1.82) is 0 Å². The predicted octanol–water partition coefficient (Wildman–Crippen LogP) is -0.366. The number of carbonyl (C=O) groups excluding carboxylic acids is 1. The third kappa shape index (κ3) is 4.60. The molecule has 0 bridgehead atoms. The van der Waals surface area contributed by atoms with E-state index in [2.05, 4.69) is 10.3 Å². The van der Waals surface area contributed by atoms with Crippen molar-refractivity contribution in [3.05, 3.63) is 36.1 Å². The zero-order chi connectivity index (χ0) is 16.8. The van der Waals surface area contributed by atoms with Crippen molar-refractivity contribution in [2.45, 2.75) is 25.0 Å². The number of fused-ring (bicyclic) bond motifs is 1. The fraction of sp³-hybridized carbons (Fsp3) is 0.400. The molecule has 8 heteroatoms. The Morgan fingerprint density at radius 3 is 2.83 bits per heavy atom. The minimum atomic E-state index is -0.999. The van der Waals surface area contributed by atoms with E-state index in [1.807, 2.05) is 12.2 Å². The molecule has 124 valence electrons. The average Bonchev–Trinajstić information content (AvgIpc) is 2.49. The van der Waals surface area contributed by atoms with Crippen LogP contribution in [0.1, 0.15) is 12.8 Å². The van der Waals surface area contributed by atoms with Crippen molar-refractivity contribution in [3.8, 4) is 0 Å². The van der Waals surface area contributed by atoms with Crippen molar-refractivity contribution >= 4 is 17.9 Å². The number of ether oxygens (including phenoxy) is 1. The number of carboxylic acids is 1. The number of hydrogen-bond donors (Lipinski definition) is 4. The van der Waals surface area contributed by atoms with Crippen LogP contribution in [0.4, 0.5) is 0 Å². The summed E-state index contributed by atoms with van der Waals surface area (Å²) in [5.74, 6) is -1.71. The summed E-state index contributed by atoms with van der Waals surface area (Å²) in [6, 6.07) is -0.832. The monoisotopic (exact) mass is 320 g/mol. The van der Waals surface area contributed by atoms with E-state index < -0.39 is 24.1 Å². The average molecular weight is 320 g/mol. The Hall–Kier alpha value is -2.77. The second kappa shape index (κ2) is 7.48. The fourth-order valence-corrected chi connectivity index (χ4v) is 2.47. The Morgan fingerprint density at radius 1 is 1.39 bits per heavy atom. The van der Waals surface area contributed by atoms with Gasteiger partial charge in [-0.2, -0.15) is 0 Å². The first kappa shape index (κ1) is 16.6. The lowest BCUT2D eigenvalue weighted by Crippen LogP contribution is -2.43. The van der Waals surface area contributed by atoms with Gasteiger partial charge in [0.25, 0.3) is 0 Å². The number of aliphatic imine (C=N–C) groups is 1. The number of guanidine groups is 1. The van der Waals surface area contributed by atoms with Gasteiger partial charge in [0.2, 0.25) is 0 Å². The molecule has 23 heavy (non-hydrogen) atoms. The molecule has 0 radical (unpaired) electrons. The van der Waals surface area contributed by atoms with Crippen LogP contribution in [-0.2, 0) is 14.3 Å². The zero-order valence-electron chi connectivity index (χ0n) is 12.5. The lowest BCUT2D eigenvalue weighted by molar-refractivity contribution is -0.144. The van der Waals surface area contributed by atoms with Gasteiger partial charge in [-0.1, -0.05) is 18.2 Å². The summed E-state index contributed by atoms with van der Waals surface area (Å²) in [5.41, 5.74) is 11.0. The second-order valence-corrected chi connectivity index (χ2v) is 5.28. The molecule has 1 aliphatic heterocycles. The van der Waals surface area contributed by atoms with Crippen molar-refractivity contribution < 1.29 is 19.4 Å². The molecule has 0 amide bonds. The Balaban J connectivity index is 2.02. The van der Waals surface area contributed by atoms with E-state index in [0.717, 1.165) is 0 Å². The summed E-state index contributed by atoms with van der Waals surface area (Å²) in [5, 5.41) is 12.3. The number of esters is 1. The van der Waals surface area contributed by atoms with Gasteiger partial charge in [0.05, 0.1) is 5.92 Å². The van der Waals surface area contributed by atoms with Crippen molar-refractivity contribution in [2.24, 2.45) is 22.4 Å². The van der Waals surface area contributed by atoms with Crippen LogP contribution in [0.2, 0.25) is 0 Å². The molecule has 0 aromatic rings. The summed E-state index contributed by atoms with van der Waals surface area (Å²) < 4.78 is 5.20. The van der Waals surface area contributed by atoms with Gasteiger partial charge in [0.1, 0.15) is 12.1 Å². The minimum Gasteiger partial charge on any atom is -0.480 e. The molecule has 2 rings (SSSR count). The van der Waals surface area contributed by atoms with Crippen molar-refractivity contribution in [3.63, 3.8) is 0 Å². The highest BCUT2D eigenvalue weighted by atomic mass is 16.5. The molecule has 0 aromatic carbocycles. The molecule has 6 N–H and O–H groups in total. The predicted molar refractivity (Wildman–Crippen MR) is 84.2 cm³/mol. The molecule has 0 saturated heterocycles. The summed E-state index contributed by atoms with van der Waals surface area (Å²) in [7, 11) is 0. The third-order valence-electron chi connectivity index (χ3n) is 3.55. The molecule has 0 saturated carbocycles. The summed E-state index contributed by atoms with van der Waals surface area (Å²) in [6.07, 6.45) is 9.00. The maximum Gasteiger partial charge on any atom is 0.333 e. The highest BCUT2D eigenvalue weighted by Gasteiger charge is 2.32. The lowest BCUT2D eigenvalue weighted by atomic mass is 9.91. The van der Waals surface area contributed by atoms with Crippen LogP contribution in [0.25, 0.3) is 0 Å². The Bertz CT molecular complexity index is 590. The first-order valence-corrected chi connectivity index (χ1v) is 7.29. The molecule has 2 unspecified atom stereocenters. The number of nitrogens with two attached hydrogens (primary N) is 2. The molecule has 2 aliphatic rings. The first-order chi connectivity index (χ1) is 11.0. The molecular weight excluding hydrogens is 300 g/mol. The van der Waals surface area contributed by atoms with Gasteiger partial charge >= 0.3 is 11.9 Å². The molecule has 0 spiro atoms. The Kier molecular flexibility index (Phi) is 5.40. The Labute approximate surface area is 133 Å². The second-order valence-electron chi connectivity index (χ2n) is 5.28. The third-order valence-corrected chi connectivity index (χ3v) is 3.55. The van der Waals surface area contributed by atoms with Crippen molar-refractivity contribution in [1.82, 2.24) is 5.32 Å². The molecule has 0 aromatic heterocycles. The van der Waals surface area contributed by atoms with Gasteiger partial charge in [-0.15, -0.1) is 0 Å². The van der Waals surface area contributed by atoms with E-state index in [1.165, 1.54) is 6.08 Å². The summed E-state index contributed by atoms with van der Waals surface area (Å²) in [4.78, 5) is 26.9. The van der Waals surface area contributed by atoms with Crippen LogP contribution < -0.4 is 16.8 Å². The quantitative estimate of drug-likeness (QED) is 0.217. The van der Waals surface area contributed by atoms with E-state index in [0.29, 0.717) is 25.1 Å². The van der Waals surface area contributed by atoms with Gasteiger partial charge in [0.15, 0.2) is 5.96 Å². The number of aliphatic carboxylic acids is 1. The largest absolute Gasteiger partial charge is 0.480 e. The number of carboxylic acid groups (broad SMARTS) is 1. The maximum atomic E-state index is 11.6. The SMILES string of the molecule is NC(N)=NCCC[C@H](NC1=CC(=O)OC2C=CC=CC12)C(=O)O. The molecule has 8 nitrogen and oxygen atoms in total. The van der Waals surface area contributed by atoms with Crippen molar-refractivity contribution in [2.75, 3.05) is 6.54 Å². The van der Waals surface area contributed by atoms with E-state index in [4.69, 9.17) is 16.2 Å². The van der Waals surface area contributed by atoms with Crippen LogP contribution >= 0.6 is 0 Å². The van der Waals surface area contributed by atoms with Gasteiger partial charge in [-0.3, -0.25) is 4.99 Å². The Morgan fingerprint density at radius 2 is 2.13 bits per heavy atom. The normalized spacial score (nSPS) is 23.3. The van der Waals surface area contributed by atoms with Crippen LogP contribution in [0.5, 0.6) is 0 Å². The highest BCUT2D eigenvalue weighted by molar-refractivity contribution is 5.85. The molecule has 1 heterocycles. The number of rotatable bonds is 7. The summed E-state index contributed by atoms with van der Waals surface area (Å²) in [6.45, 7) is 0.351. The van der Waals surface area contributed by atoms with E-state index in [-0.39, 0.29) is 11.9 Å². The number of hydrogen-bond acceptors (Lipinski definition) is 5. The molecule has 3 atom stereocenters. The minimum absolute atomic E-state index is 0.0236. The standard InChI is InChI=1S/C15H20N4O4/c16-15(17)18-7-3-5-10(14(21)22)19-11-8-13(20)23-12-6-2-1-4-9(11)12/h1-2,4,6,8-10,12,19H,3,5,7H2,(H,21,22)(H4,16,17,18)/t9?,10-,12?/m0/s1. The van der Waals surface area contributed by atoms with E-state index >= 15 is 0 Å². The molecule has 0 fully saturated rings. The number of nitrogens with zero attached hydrogens (tertiary/aromatic N) is 1. The van der Waals surface area contributed by atoms with Gasteiger partial charge in [0, 0.05) is 18.3 Å².